The molecule has 1 aromatic carbocycles. The van der Waals surface area contributed by atoms with Crippen LogP contribution in [0.2, 0.25) is 0 Å². The molecule has 0 radical (unpaired) electrons. The first-order chi connectivity index (χ1) is 8.07. The minimum atomic E-state index is -0.0976. The van der Waals surface area contributed by atoms with E-state index in [4.69, 9.17) is 10.5 Å². The molecule has 1 aromatic rings. The Morgan fingerprint density at radius 3 is 2.41 bits per heavy atom. The van der Waals surface area contributed by atoms with Gasteiger partial charge in [-0.25, -0.2) is 0 Å². The number of rotatable bonds is 3. The van der Waals surface area contributed by atoms with Gasteiger partial charge in [0.1, 0.15) is 5.75 Å². The molecule has 2 heteroatoms. The smallest absolute Gasteiger partial charge is 0.122 e. The lowest BCUT2D eigenvalue weighted by molar-refractivity contribution is 0.337. The van der Waals surface area contributed by atoms with E-state index in [1.807, 2.05) is 6.92 Å². The van der Waals surface area contributed by atoms with Crippen LogP contribution in [-0.2, 0) is 5.54 Å². The van der Waals surface area contributed by atoms with E-state index < -0.39 is 0 Å². The van der Waals surface area contributed by atoms with Crippen molar-refractivity contribution in [2.24, 2.45) is 5.73 Å². The van der Waals surface area contributed by atoms with Crippen LogP contribution in [0.15, 0.2) is 12.1 Å². The van der Waals surface area contributed by atoms with Gasteiger partial charge in [0.2, 0.25) is 0 Å². The van der Waals surface area contributed by atoms with Gasteiger partial charge in [-0.05, 0) is 56.4 Å². The first-order valence-corrected chi connectivity index (χ1v) is 6.60. The Morgan fingerprint density at radius 1 is 1.18 bits per heavy atom. The van der Waals surface area contributed by atoms with E-state index in [1.54, 1.807) is 0 Å². The summed E-state index contributed by atoms with van der Waals surface area (Å²) in [4.78, 5) is 0. The lowest BCUT2D eigenvalue weighted by atomic mass is 9.85. The van der Waals surface area contributed by atoms with Crippen molar-refractivity contribution in [1.82, 2.24) is 0 Å². The van der Waals surface area contributed by atoms with Crippen molar-refractivity contribution in [1.29, 1.82) is 0 Å². The average molecular weight is 233 g/mol. The molecule has 0 spiro atoms. The minimum Gasteiger partial charge on any atom is -0.494 e. The average Bonchev–Trinajstić information content (AvgIpc) is 2.71. The highest BCUT2D eigenvalue weighted by Crippen LogP contribution is 2.39. The van der Waals surface area contributed by atoms with Gasteiger partial charge in [-0.1, -0.05) is 18.9 Å². The summed E-state index contributed by atoms with van der Waals surface area (Å²) in [7, 11) is 0. The van der Waals surface area contributed by atoms with Gasteiger partial charge in [0.25, 0.3) is 0 Å². The van der Waals surface area contributed by atoms with Crippen molar-refractivity contribution in [3.8, 4) is 5.75 Å². The first-order valence-electron chi connectivity index (χ1n) is 6.60. The third-order valence-electron chi connectivity index (χ3n) is 3.85. The number of nitrogens with two attached hydrogens (primary N) is 1. The molecular formula is C15H23NO. The summed E-state index contributed by atoms with van der Waals surface area (Å²) in [5.74, 6) is 0.996. The Labute approximate surface area is 104 Å². The zero-order valence-corrected chi connectivity index (χ0v) is 11.2. The van der Waals surface area contributed by atoms with Gasteiger partial charge in [-0.2, -0.15) is 0 Å². The van der Waals surface area contributed by atoms with Gasteiger partial charge in [-0.3, -0.25) is 0 Å². The van der Waals surface area contributed by atoms with E-state index in [1.165, 1.54) is 29.5 Å². The fourth-order valence-corrected chi connectivity index (χ4v) is 2.91. The van der Waals surface area contributed by atoms with Gasteiger partial charge in [-0.15, -0.1) is 0 Å². The van der Waals surface area contributed by atoms with Crippen LogP contribution in [0, 0.1) is 13.8 Å². The second-order valence-electron chi connectivity index (χ2n) is 5.23. The Balaban J connectivity index is 2.39. The molecule has 2 N–H and O–H groups in total. The normalized spacial score (nSPS) is 18.4. The molecule has 94 valence electrons. The van der Waals surface area contributed by atoms with Crippen molar-refractivity contribution < 1.29 is 4.74 Å². The van der Waals surface area contributed by atoms with Gasteiger partial charge < -0.3 is 10.5 Å². The maximum Gasteiger partial charge on any atom is 0.122 e. The summed E-state index contributed by atoms with van der Waals surface area (Å²) in [6.07, 6.45) is 4.73. The number of ether oxygens (including phenoxy) is 1. The van der Waals surface area contributed by atoms with E-state index in [9.17, 15) is 0 Å². The maximum atomic E-state index is 6.53. The topological polar surface area (TPSA) is 35.2 Å². The van der Waals surface area contributed by atoms with Gasteiger partial charge in [0.05, 0.1) is 6.61 Å². The van der Waals surface area contributed by atoms with E-state index in [0.29, 0.717) is 6.61 Å². The summed E-state index contributed by atoms with van der Waals surface area (Å²) in [6, 6.07) is 4.37. The number of hydrogen-bond acceptors (Lipinski definition) is 2. The highest BCUT2D eigenvalue weighted by Gasteiger charge is 2.32. The minimum absolute atomic E-state index is 0.0976. The highest BCUT2D eigenvalue weighted by molar-refractivity contribution is 5.44. The standard InChI is InChI=1S/C15H23NO/c1-4-17-14-10-11(2)13(9-12(14)3)15(16)7-5-6-8-15/h9-10H,4-8,16H2,1-3H3. The fourth-order valence-electron chi connectivity index (χ4n) is 2.91. The lowest BCUT2D eigenvalue weighted by Crippen LogP contribution is -2.34. The molecule has 0 atom stereocenters. The highest BCUT2D eigenvalue weighted by atomic mass is 16.5. The molecule has 0 aromatic heterocycles. The Morgan fingerprint density at radius 2 is 1.82 bits per heavy atom. The molecule has 2 nitrogen and oxygen atoms in total. The van der Waals surface area contributed by atoms with Gasteiger partial charge in [0, 0.05) is 5.54 Å². The van der Waals surface area contributed by atoms with Crippen LogP contribution in [0.3, 0.4) is 0 Å². The first kappa shape index (κ1) is 12.4. The van der Waals surface area contributed by atoms with Crippen molar-refractivity contribution in [3.63, 3.8) is 0 Å². The van der Waals surface area contributed by atoms with Crippen LogP contribution in [-0.4, -0.2) is 6.61 Å². The molecule has 2 rings (SSSR count). The molecule has 0 heterocycles. The van der Waals surface area contributed by atoms with Crippen molar-refractivity contribution in [2.45, 2.75) is 52.0 Å². The Kier molecular flexibility index (Phi) is 3.43. The van der Waals surface area contributed by atoms with Crippen LogP contribution in [0.25, 0.3) is 0 Å². The van der Waals surface area contributed by atoms with Gasteiger partial charge >= 0.3 is 0 Å². The molecule has 0 aliphatic heterocycles. The number of hydrogen-bond donors (Lipinski definition) is 1. The van der Waals surface area contributed by atoms with E-state index in [2.05, 4.69) is 26.0 Å². The summed E-state index contributed by atoms with van der Waals surface area (Å²) >= 11 is 0. The molecule has 1 aliphatic carbocycles. The monoisotopic (exact) mass is 233 g/mol. The summed E-state index contributed by atoms with van der Waals surface area (Å²) < 4.78 is 5.63. The molecule has 1 aliphatic rings. The predicted molar refractivity (Wildman–Crippen MR) is 71.4 cm³/mol. The molecule has 0 saturated heterocycles. The SMILES string of the molecule is CCOc1cc(C)c(C2(N)CCCC2)cc1C. The van der Waals surface area contributed by atoms with Crippen LogP contribution < -0.4 is 10.5 Å². The zero-order chi connectivity index (χ0) is 12.5. The molecule has 1 saturated carbocycles. The Hall–Kier alpha value is -1.02. The molecular weight excluding hydrogens is 210 g/mol. The fraction of sp³-hybridized carbons (Fsp3) is 0.600. The second-order valence-corrected chi connectivity index (χ2v) is 5.23. The third-order valence-corrected chi connectivity index (χ3v) is 3.85. The Bertz CT molecular complexity index is 406. The molecule has 0 unspecified atom stereocenters. The van der Waals surface area contributed by atoms with Crippen LogP contribution >= 0.6 is 0 Å². The van der Waals surface area contributed by atoms with Crippen molar-refractivity contribution >= 4 is 0 Å². The summed E-state index contributed by atoms with van der Waals surface area (Å²) in [6.45, 7) is 6.98. The van der Waals surface area contributed by atoms with Gasteiger partial charge in [0.15, 0.2) is 0 Å². The molecule has 0 bridgehead atoms. The summed E-state index contributed by atoms with van der Waals surface area (Å²) in [5.41, 5.74) is 10.2. The molecule has 17 heavy (non-hydrogen) atoms. The van der Waals surface area contributed by atoms with Crippen LogP contribution in [0.1, 0.15) is 49.3 Å². The second kappa shape index (κ2) is 4.69. The van der Waals surface area contributed by atoms with E-state index in [0.717, 1.165) is 18.6 Å². The number of benzene rings is 1. The quantitative estimate of drug-likeness (QED) is 0.868. The van der Waals surface area contributed by atoms with Crippen LogP contribution in [0.5, 0.6) is 5.75 Å². The lowest BCUT2D eigenvalue weighted by Gasteiger charge is -2.27. The predicted octanol–water partition coefficient (Wildman–Crippen LogP) is 3.43. The molecule has 1 fully saturated rings. The van der Waals surface area contributed by atoms with E-state index >= 15 is 0 Å². The largest absolute Gasteiger partial charge is 0.494 e. The summed E-state index contributed by atoms with van der Waals surface area (Å²) in [5, 5.41) is 0. The number of aryl methyl sites for hydroxylation is 2. The van der Waals surface area contributed by atoms with Crippen molar-refractivity contribution in [2.75, 3.05) is 6.61 Å². The maximum absolute atomic E-state index is 6.53. The molecule has 0 amide bonds. The zero-order valence-electron chi connectivity index (χ0n) is 11.2. The van der Waals surface area contributed by atoms with Crippen LogP contribution in [0.4, 0.5) is 0 Å². The third kappa shape index (κ3) is 2.32. The van der Waals surface area contributed by atoms with E-state index in [-0.39, 0.29) is 5.54 Å². The van der Waals surface area contributed by atoms with Crippen molar-refractivity contribution in [3.05, 3.63) is 28.8 Å².